The number of nitrogens with one attached hydrogen (secondary N) is 2. The van der Waals surface area contributed by atoms with Crippen molar-refractivity contribution < 1.29 is 9.53 Å². The largest absolute Gasteiger partial charge is 0.497 e. The average molecular weight is 319 g/mol. The van der Waals surface area contributed by atoms with E-state index >= 15 is 0 Å². The molecule has 0 bridgehead atoms. The Morgan fingerprint density at radius 2 is 1.79 bits per heavy atom. The molecule has 0 radical (unpaired) electrons. The number of rotatable bonds is 5. The van der Waals surface area contributed by atoms with Crippen molar-refractivity contribution in [3.63, 3.8) is 0 Å². The Labute approximate surface area is 140 Å². The second-order valence-electron chi connectivity index (χ2n) is 5.11. The van der Waals surface area contributed by atoms with E-state index in [9.17, 15) is 4.79 Å². The van der Waals surface area contributed by atoms with Gasteiger partial charge in [0, 0.05) is 17.3 Å². The first-order chi connectivity index (χ1) is 11.7. The van der Waals surface area contributed by atoms with Crippen LogP contribution < -0.4 is 15.4 Å². The summed E-state index contributed by atoms with van der Waals surface area (Å²) in [5.74, 6) is 1.09. The minimum atomic E-state index is -0.184. The number of hydrogen-bond acceptors (Lipinski definition) is 4. The molecule has 0 saturated heterocycles. The molecule has 2 aromatic carbocycles. The Balaban J connectivity index is 1.66. The number of aromatic nitrogens is 1. The highest BCUT2D eigenvalue weighted by Gasteiger charge is 2.06. The van der Waals surface area contributed by atoms with Gasteiger partial charge in [-0.25, -0.2) is 4.98 Å². The van der Waals surface area contributed by atoms with Gasteiger partial charge in [0.2, 0.25) is 0 Å². The van der Waals surface area contributed by atoms with Gasteiger partial charge in [0.1, 0.15) is 11.6 Å². The van der Waals surface area contributed by atoms with Crippen LogP contribution in [0.25, 0.3) is 0 Å². The van der Waals surface area contributed by atoms with Crippen LogP contribution in [0.4, 0.5) is 17.2 Å². The summed E-state index contributed by atoms with van der Waals surface area (Å²) in [5.41, 5.74) is 2.32. The Morgan fingerprint density at radius 1 is 0.958 bits per heavy atom. The van der Waals surface area contributed by atoms with E-state index < -0.39 is 0 Å². The van der Waals surface area contributed by atoms with Gasteiger partial charge in [-0.1, -0.05) is 24.3 Å². The quantitative estimate of drug-likeness (QED) is 0.743. The molecule has 0 spiro atoms. The molecule has 1 heterocycles. The number of carbonyl (C=O) groups excluding carboxylic acids is 1. The van der Waals surface area contributed by atoms with Crippen molar-refractivity contribution in [2.24, 2.45) is 0 Å². The van der Waals surface area contributed by atoms with Crippen LogP contribution in [0.15, 0.2) is 72.9 Å². The Hall–Kier alpha value is -3.34. The molecule has 0 fully saturated rings. The number of hydrogen-bond donors (Lipinski definition) is 2. The summed E-state index contributed by atoms with van der Waals surface area (Å²) in [6.07, 6.45) is 1.67. The van der Waals surface area contributed by atoms with E-state index in [-0.39, 0.29) is 5.91 Å². The Morgan fingerprint density at radius 3 is 2.50 bits per heavy atom. The summed E-state index contributed by atoms with van der Waals surface area (Å²) in [7, 11) is 1.63. The molecule has 0 aliphatic carbocycles. The molecule has 1 amide bonds. The summed E-state index contributed by atoms with van der Waals surface area (Å²) < 4.78 is 5.19. The molecular weight excluding hydrogens is 302 g/mol. The van der Waals surface area contributed by atoms with Crippen molar-refractivity contribution in [3.05, 3.63) is 78.5 Å². The van der Waals surface area contributed by atoms with Crippen molar-refractivity contribution in [2.45, 2.75) is 0 Å². The zero-order chi connectivity index (χ0) is 16.8. The zero-order valence-corrected chi connectivity index (χ0v) is 13.2. The van der Waals surface area contributed by atoms with E-state index in [1.807, 2.05) is 48.5 Å². The molecule has 5 heteroatoms. The number of methoxy groups -OCH3 is 1. The first-order valence-corrected chi connectivity index (χ1v) is 7.48. The van der Waals surface area contributed by atoms with Crippen LogP contribution >= 0.6 is 0 Å². The SMILES string of the molecule is COc1cccc(Nc2ccc(NC(=O)c3ccccc3)nc2)c1. The highest BCUT2D eigenvalue weighted by Crippen LogP contribution is 2.21. The lowest BCUT2D eigenvalue weighted by Crippen LogP contribution is -2.12. The highest BCUT2D eigenvalue weighted by atomic mass is 16.5. The summed E-state index contributed by atoms with van der Waals surface area (Å²) in [6, 6.07) is 20.3. The van der Waals surface area contributed by atoms with Crippen LogP contribution in [0.5, 0.6) is 5.75 Å². The molecule has 0 saturated carbocycles. The van der Waals surface area contributed by atoms with E-state index in [4.69, 9.17) is 4.74 Å². The van der Waals surface area contributed by atoms with Gasteiger partial charge in [-0.3, -0.25) is 4.79 Å². The lowest BCUT2D eigenvalue weighted by Gasteiger charge is -2.09. The zero-order valence-electron chi connectivity index (χ0n) is 13.2. The second-order valence-corrected chi connectivity index (χ2v) is 5.11. The number of anilines is 3. The normalized spacial score (nSPS) is 10.0. The van der Waals surface area contributed by atoms with E-state index in [1.165, 1.54) is 0 Å². The van der Waals surface area contributed by atoms with E-state index in [0.29, 0.717) is 11.4 Å². The van der Waals surface area contributed by atoms with Gasteiger partial charge in [0.05, 0.1) is 19.0 Å². The van der Waals surface area contributed by atoms with Crippen LogP contribution in [-0.2, 0) is 0 Å². The monoisotopic (exact) mass is 319 g/mol. The van der Waals surface area contributed by atoms with Gasteiger partial charge in [-0.05, 0) is 36.4 Å². The lowest BCUT2D eigenvalue weighted by molar-refractivity contribution is 0.102. The molecule has 5 nitrogen and oxygen atoms in total. The molecule has 0 unspecified atom stereocenters. The maximum Gasteiger partial charge on any atom is 0.256 e. The summed E-state index contributed by atoms with van der Waals surface area (Å²) in [4.78, 5) is 16.3. The van der Waals surface area contributed by atoms with Crippen molar-refractivity contribution in [3.8, 4) is 5.75 Å². The standard InChI is InChI=1S/C19H17N3O2/c1-24-17-9-5-8-15(12-17)21-16-10-11-18(20-13-16)22-19(23)14-6-3-2-4-7-14/h2-13,21H,1H3,(H,20,22,23). The number of carbonyl (C=O) groups is 1. The fourth-order valence-corrected chi connectivity index (χ4v) is 2.19. The summed E-state index contributed by atoms with van der Waals surface area (Å²) >= 11 is 0. The first-order valence-electron chi connectivity index (χ1n) is 7.48. The van der Waals surface area contributed by atoms with Gasteiger partial charge in [-0.2, -0.15) is 0 Å². The minimum absolute atomic E-state index is 0.184. The van der Waals surface area contributed by atoms with Crippen molar-refractivity contribution in [1.29, 1.82) is 0 Å². The van der Waals surface area contributed by atoms with Gasteiger partial charge in [-0.15, -0.1) is 0 Å². The van der Waals surface area contributed by atoms with E-state index in [1.54, 1.807) is 31.5 Å². The maximum absolute atomic E-state index is 12.1. The maximum atomic E-state index is 12.1. The third-order valence-corrected chi connectivity index (χ3v) is 3.40. The lowest BCUT2D eigenvalue weighted by atomic mass is 10.2. The summed E-state index contributed by atoms with van der Waals surface area (Å²) in [5, 5.41) is 6.01. The fraction of sp³-hybridized carbons (Fsp3) is 0.0526. The molecule has 0 aliphatic rings. The van der Waals surface area contributed by atoms with Crippen LogP contribution in [0.2, 0.25) is 0 Å². The number of amides is 1. The molecule has 24 heavy (non-hydrogen) atoms. The number of pyridine rings is 1. The van der Waals surface area contributed by atoms with E-state index in [0.717, 1.165) is 17.1 Å². The van der Waals surface area contributed by atoms with Gasteiger partial charge < -0.3 is 15.4 Å². The topological polar surface area (TPSA) is 63.2 Å². The molecule has 3 rings (SSSR count). The molecular formula is C19H17N3O2. The van der Waals surface area contributed by atoms with Crippen LogP contribution in [0, 0.1) is 0 Å². The number of benzene rings is 2. The smallest absolute Gasteiger partial charge is 0.256 e. The van der Waals surface area contributed by atoms with Gasteiger partial charge in [0.25, 0.3) is 5.91 Å². The molecule has 1 aromatic heterocycles. The molecule has 3 aromatic rings. The third-order valence-electron chi connectivity index (χ3n) is 3.40. The predicted octanol–water partition coefficient (Wildman–Crippen LogP) is 4.09. The van der Waals surface area contributed by atoms with Gasteiger partial charge in [0.15, 0.2) is 0 Å². The molecule has 0 aliphatic heterocycles. The van der Waals surface area contributed by atoms with Crippen LogP contribution in [-0.4, -0.2) is 18.0 Å². The fourth-order valence-electron chi connectivity index (χ4n) is 2.19. The average Bonchev–Trinajstić information content (AvgIpc) is 2.64. The molecule has 120 valence electrons. The van der Waals surface area contributed by atoms with E-state index in [2.05, 4.69) is 15.6 Å². The number of ether oxygens (including phenoxy) is 1. The Bertz CT molecular complexity index is 818. The highest BCUT2D eigenvalue weighted by molar-refractivity contribution is 6.03. The van der Waals surface area contributed by atoms with Crippen molar-refractivity contribution >= 4 is 23.1 Å². The Kier molecular flexibility index (Phi) is 4.72. The predicted molar refractivity (Wildman–Crippen MR) is 94.9 cm³/mol. The van der Waals surface area contributed by atoms with Crippen molar-refractivity contribution in [1.82, 2.24) is 4.98 Å². The molecule has 0 atom stereocenters. The summed E-state index contributed by atoms with van der Waals surface area (Å²) in [6.45, 7) is 0. The van der Waals surface area contributed by atoms with Crippen LogP contribution in [0.1, 0.15) is 10.4 Å². The van der Waals surface area contributed by atoms with Crippen LogP contribution in [0.3, 0.4) is 0 Å². The third kappa shape index (κ3) is 3.89. The molecule has 2 N–H and O–H groups in total. The first kappa shape index (κ1) is 15.6. The second kappa shape index (κ2) is 7.28. The number of nitrogens with zero attached hydrogens (tertiary/aromatic N) is 1. The minimum Gasteiger partial charge on any atom is -0.497 e. The van der Waals surface area contributed by atoms with Gasteiger partial charge >= 0.3 is 0 Å². The van der Waals surface area contributed by atoms with Crippen molar-refractivity contribution in [2.75, 3.05) is 17.7 Å².